The van der Waals surface area contributed by atoms with Gasteiger partial charge in [-0.15, -0.1) is 0 Å². The largest absolute Gasteiger partial charge is 0.497 e. The lowest BCUT2D eigenvalue weighted by atomic mass is 10.2. The number of amides is 3. The molecular formula is C32H25N3O6S. The van der Waals surface area contributed by atoms with Gasteiger partial charge < -0.3 is 24.8 Å². The van der Waals surface area contributed by atoms with Gasteiger partial charge in [0.25, 0.3) is 17.7 Å². The number of benzene rings is 4. The Balaban J connectivity index is 1.28. The summed E-state index contributed by atoms with van der Waals surface area (Å²) >= 11 is 1.15. The predicted octanol–water partition coefficient (Wildman–Crippen LogP) is 5.97. The van der Waals surface area contributed by atoms with Gasteiger partial charge in [0.1, 0.15) is 16.4 Å². The lowest BCUT2D eigenvalue weighted by Crippen LogP contribution is -2.32. The molecule has 2 aliphatic rings. The van der Waals surface area contributed by atoms with Gasteiger partial charge in [0.2, 0.25) is 6.79 Å². The van der Waals surface area contributed by atoms with Gasteiger partial charge >= 0.3 is 0 Å². The fourth-order valence-electron chi connectivity index (χ4n) is 4.46. The number of nitrogens with zero attached hydrogens (tertiary/aromatic N) is 1. The van der Waals surface area contributed by atoms with Crippen molar-refractivity contribution in [3.8, 4) is 17.2 Å². The van der Waals surface area contributed by atoms with Crippen molar-refractivity contribution in [2.24, 2.45) is 0 Å². The van der Waals surface area contributed by atoms with Crippen molar-refractivity contribution in [3.63, 3.8) is 0 Å². The summed E-state index contributed by atoms with van der Waals surface area (Å²) in [6.07, 6.45) is 0. The summed E-state index contributed by atoms with van der Waals surface area (Å²) in [5.41, 5.74) is 3.28. The van der Waals surface area contributed by atoms with E-state index in [1.165, 1.54) is 0 Å². The molecule has 0 radical (unpaired) electrons. The van der Waals surface area contributed by atoms with Gasteiger partial charge in [-0.1, -0.05) is 35.5 Å². The molecule has 10 heteroatoms. The van der Waals surface area contributed by atoms with E-state index in [-0.39, 0.29) is 23.3 Å². The first-order valence-electron chi connectivity index (χ1n) is 13.0. The molecule has 0 spiro atoms. The standard InChI is InChI=1S/C32H25N3O6S/c1-19-6-9-21(10-7-19)33-28-29(32(38)35(31(28)37)23-11-13-24(39-2)14-12-23)42-25-5-3-4-22(17-25)34-30(36)20-8-15-26-27(16-20)41-18-40-26/h3-17,33H,18H2,1-2H3,(H,34,36). The second kappa shape index (κ2) is 11.3. The number of carbonyl (C=O) groups is 3. The van der Waals surface area contributed by atoms with Crippen molar-refractivity contribution in [1.29, 1.82) is 0 Å². The van der Waals surface area contributed by atoms with E-state index >= 15 is 0 Å². The van der Waals surface area contributed by atoms with Crippen LogP contribution in [0, 0.1) is 6.92 Å². The highest BCUT2D eigenvalue weighted by atomic mass is 32.2. The minimum absolute atomic E-state index is 0.118. The average molecular weight is 580 g/mol. The van der Waals surface area contributed by atoms with Crippen LogP contribution in [0.2, 0.25) is 0 Å². The molecule has 0 unspecified atom stereocenters. The zero-order valence-electron chi connectivity index (χ0n) is 22.7. The van der Waals surface area contributed by atoms with E-state index in [4.69, 9.17) is 14.2 Å². The van der Waals surface area contributed by atoms with E-state index < -0.39 is 11.8 Å². The fraction of sp³-hybridized carbons (Fsp3) is 0.0938. The topological polar surface area (TPSA) is 106 Å². The van der Waals surface area contributed by atoms with E-state index in [0.717, 1.165) is 22.2 Å². The minimum atomic E-state index is -0.472. The van der Waals surface area contributed by atoms with Crippen LogP contribution in [0.5, 0.6) is 17.2 Å². The van der Waals surface area contributed by atoms with Gasteiger partial charge in [0.05, 0.1) is 12.8 Å². The van der Waals surface area contributed by atoms with Crippen LogP contribution in [-0.2, 0) is 9.59 Å². The summed E-state index contributed by atoms with van der Waals surface area (Å²) in [5, 5.41) is 6.04. The first-order chi connectivity index (χ1) is 20.4. The molecule has 0 fully saturated rings. The smallest absolute Gasteiger partial charge is 0.283 e. The molecule has 210 valence electrons. The molecule has 4 aromatic carbocycles. The Labute approximate surface area is 246 Å². The molecule has 0 bridgehead atoms. The van der Waals surface area contributed by atoms with Gasteiger partial charge in [-0.2, -0.15) is 0 Å². The molecule has 0 saturated heterocycles. The Kier molecular flexibility index (Phi) is 7.28. The highest BCUT2D eigenvalue weighted by molar-refractivity contribution is 8.04. The number of thioether (sulfide) groups is 1. The second-order valence-electron chi connectivity index (χ2n) is 9.49. The molecule has 4 aromatic rings. The number of aryl methyl sites for hydroxylation is 1. The molecule has 0 aliphatic carbocycles. The molecule has 0 aromatic heterocycles. The Hall–Kier alpha value is -5.22. The maximum Gasteiger partial charge on any atom is 0.283 e. The second-order valence-corrected chi connectivity index (χ2v) is 10.6. The molecule has 9 nitrogen and oxygen atoms in total. The van der Waals surface area contributed by atoms with Crippen LogP contribution < -0.4 is 29.7 Å². The quantitative estimate of drug-likeness (QED) is 0.246. The maximum atomic E-state index is 13.7. The van der Waals surface area contributed by atoms with Crippen LogP contribution in [0.3, 0.4) is 0 Å². The number of fused-ring (bicyclic) bond motifs is 1. The lowest BCUT2D eigenvalue weighted by molar-refractivity contribution is -0.120. The zero-order valence-corrected chi connectivity index (χ0v) is 23.5. The third-order valence-electron chi connectivity index (χ3n) is 6.64. The number of anilines is 3. The van der Waals surface area contributed by atoms with Gasteiger partial charge in [-0.05, 0) is 79.7 Å². The van der Waals surface area contributed by atoms with Crippen LogP contribution in [-0.4, -0.2) is 31.6 Å². The predicted molar refractivity (Wildman–Crippen MR) is 160 cm³/mol. The van der Waals surface area contributed by atoms with E-state index in [0.29, 0.717) is 44.8 Å². The van der Waals surface area contributed by atoms with Crippen LogP contribution >= 0.6 is 11.8 Å². The fourth-order valence-corrected chi connectivity index (χ4v) is 5.45. The van der Waals surface area contributed by atoms with Crippen molar-refractivity contribution in [3.05, 3.63) is 113 Å². The Morgan fingerprint density at radius 2 is 1.62 bits per heavy atom. The molecule has 42 heavy (non-hydrogen) atoms. The normalized spacial score (nSPS) is 13.9. The molecule has 6 rings (SSSR count). The first-order valence-corrected chi connectivity index (χ1v) is 13.8. The summed E-state index contributed by atoms with van der Waals surface area (Å²) in [6, 6.07) is 26.3. The number of hydrogen-bond acceptors (Lipinski definition) is 8. The highest BCUT2D eigenvalue weighted by Crippen LogP contribution is 2.39. The number of rotatable bonds is 8. The third-order valence-corrected chi connectivity index (χ3v) is 7.71. The van der Waals surface area contributed by atoms with Gasteiger partial charge in [-0.3, -0.25) is 14.4 Å². The number of hydrogen-bond donors (Lipinski definition) is 2. The highest BCUT2D eigenvalue weighted by Gasteiger charge is 2.40. The summed E-state index contributed by atoms with van der Waals surface area (Å²) in [5.74, 6) is 0.457. The molecular weight excluding hydrogens is 554 g/mol. The summed E-state index contributed by atoms with van der Waals surface area (Å²) < 4.78 is 15.9. The summed E-state index contributed by atoms with van der Waals surface area (Å²) in [4.78, 5) is 42.4. The Morgan fingerprint density at radius 3 is 2.38 bits per heavy atom. The van der Waals surface area contributed by atoms with Crippen molar-refractivity contribution in [1.82, 2.24) is 0 Å². The van der Waals surface area contributed by atoms with E-state index in [1.54, 1.807) is 67.8 Å². The Morgan fingerprint density at radius 1 is 0.857 bits per heavy atom. The molecule has 2 aliphatic heterocycles. The minimum Gasteiger partial charge on any atom is -0.497 e. The number of nitrogens with one attached hydrogen (secondary N) is 2. The first kappa shape index (κ1) is 27.0. The number of carbonyl (C=O) groups excluding carboxylic acids is 3. The van der Waals surface area contributed by atoms with Crippen molar-refractivity contribution in [2.45, 2.75) is 11.8 Å². The van der Waals surface area contributed by atoms with E-state index in [9.17, 15) is 14.4 Å². The van der Waals surface area contributed by atoms with Crippen LogP contribution in [0.1, 0.15) is 15.9 Å². The van der Waals surface area contributed by atoms with Crippen molar-refractivity contribution < 1.29 is 28.6 Å². The van der Waals surface area contributed by atoms with E-state index in [2.05, 4.69) is 10.6 Å². The maximum absolute atomic E-state index is 13.7. The Bertz CT molecular complexity index is 1730. The van der Waals surface area contributed by atoms with Gasteiger partial charge in [0.15, 0.2) is 11.5 Å². The van der Waals surface area contributed by atoms with Crippen LogP contribution in [0.15, 0.2) is 106 Å². The number of imide groups is 1. The average Bonchev–Trinajstić information content (AvgIpc) is 3.56. The SMILES string of the molecule is COc1ccc(N2C(=O)C(Nc3ccc(C)cc3)=C(Sc3cccc(NC(=O)c4ccc5c(c4)OCO5)c3)C2=O)cc1. The summed E-state index contributed by atoms with van der Waals surface area (Å²) in [6.45, 7) is 2.09. The van der Waals surface area contributed by atoms with E-state index in [1.807, 2.05) is 37.3 Å². The zero-order chi connectivity index (χ0) is 29.2. The van der Waals surface area contributed by atoms with Crippen molar-refractivity contribution >= 4 is 46.5 Å². The number of methoxy groups -OCH3 is 1. The lowest BCUT2D eigenvalue weighted by Gasteiger charge is -2.15. The van der Waals surface area contributed by atoms with Crippen LogP contribution in [0.4, 0.5) is 17.1 Å². The molecule has 2 N–H and O–H groups in total. The third kappa shape index (κ3) is 5.39. The number of ether oxygens (including phenoxy) is 3. The molecule has 0 atom stereocenters. The monoisotopic (exact) mass is 579 g/mol. The molecule has 0 saturated carbocycles. The summed E-state index contributed by atoms with van der Waals surface area (Å²) in [7, 11) is 1.55. The van der Waals surface area contributed by atoms with Crippen molar-refractivity contribution in [2.75, 3.05) is 29.4 Å². The van der Waals surface area contributed by atoms with Gasteiger partial charge in [-0.25, -0.2) is 4.90 Å². The molecule has 2 heterocycles. The van der Waals surface area contributed by atoms with Crippen LogP contribution in [0.25, 0.3) is 0 Å². The van der Waals surface area contributed by atoms with Gasteiger partial charge in [0, 0.05) is 21.8 Å². The molecule has 3 amide bonds.